The molecule has 0 unspecified atom stereocenters. The fourth-order valence-electron chi connectivity index (χ4n) is 2.14. The fraction of sp³-hybridized carbons (Fsp3) is 0.692. The lowest BCUT2D eigenvalue weighted by atomic mass is 10.1. The number of aromatic nitrogens is 1. The van der Waals surface area contributed by atoms with Gasteiger partial charge in [-0.05, 0) is 40.5 Å². The first kappa shape index (κ1) is 12.9. The van der Waals surface area contributed by atoms with E-state index < -0.39 is 5.60 Å². The Balaban J connectivity index is 2.10. The van der Waals surface area contributed by atoms with Crippen molar-refractivity contribution in [3.05, 3.63) is 17.5 Å². The minimum Gasteiger partial charge on any atom is -0.444 e. The maximum atomic E-state index is 12.1. The van der Waals surface area contributed by atoms with E-state index in [4.69, 9.17) is 9.26 Å². The zero-order chi connectivity index (χ0) is 13.3. The predicted octanol–water partition coefficient (Wildman–Crippen LogP) is 3.06. The highest BCUT2D eigenvalue weighted by molar-refractivity contribution is 5.69. The second kappa shape index (κ2) is 4.63. The molecule has 0 bridgehead atoms. The molecule has 0 N–H and O–H groups in total. The Morgan fingerprint density at radius 3 is 2.83 bits per heavy atom. The molecular formula is C13H20N2O3. The first-order valence-electron chi connectivity index (χ1n) is 6.29. The summed E-state index contributed by atoms with van der Waals surface area (Å²) in [4.78, 5) is 13.8. The molecule has 0 saturated carbocycles. The number of hydrogen-bond acceptors (Lipinski definition) is 4. The summed E-state index contributed by atoms with van der Waals surface area (Å²) in [6.45, 7) is 8.19. The summed E-state index contributed by atoms with van der Waals surface area (Å²) in [6.07, 6.45) is 1.58. The molecule has 1 aliphatic rings. The van der Waals surface area contributed by atoms with Gasteiger partial charge in [0, 0.05) is 12.6 Å². The van der Waals surface area contributed by atoms with Crippen LogP contribution in [-0.2, 0) is 4.74 Å². The van der Waals surface area contributed by atoms with Crippen LogP contribution in [-0.4, -0.2) is 28.3 Å². The second-order valence-electron chi connectivity index (χ2n) is 5.70. The van der Waals surface area contributed by atoms with Crippen LogP contribution in [0.2, 0.25) is 0 Å². The molecule has 100 valence electrons. The lowest BCUT2D eigenvalue weighted by Gasteiger charge is -2.27. The molecule has 1 aliphatic heterocycles. The van der Waals surface area contributed by atoms with Gasteiger partial charge < -0.3 is 9.26 Å². The number of likely N-dealkylation sites (tertiary alicyclic amines) is 1. The summed E-state index contributed by atoms with van der Waals surface area (Å²) in [5.74, 6) is 0.746. The highest BCUT2D eigenvalue weighted by Crippen LogP contribution is 2.33. The summed E-state index contributed by atoms with van der Waals surface area (Å²) in [6, 6.07) is 1.84. The van der Waals surface area contributed by atoms with Crippen LogP contribution in [0.1, 0.15) is 51.1 Å². The van der Waals surface area contributed by atoms with Gasteiger partial charge in [-0.15, -0.1) is 0 Å². The maximum absolute atomic E-state index is 12.1. The Morgan fingerprint density at radius 2 is 2.28 bits per heavy atom. The number of carbonyl (C=O) groups excluding carboxylic acids is 1. The third-order valence-corrected chi connectivity index (χ3v) is 2.86. The molecule has 1 atom stereocenters. The van der Waals surface area contributed by atoms with Crippen LogP contribution < -0.4 is 0 Å². The Kier molecular flexibility index (Phi) is 3.32. The van der Waals surface area contributed by atoms with Crippen molar-refractivity contribution >= 4 is 6.09 Å². The molecule has 0 spiro atoms. The lowest BCUT2D eigenvalue weighted by molar-refractivity contribution is 0.0204. The van der Waals surface area contributed by atoms with Gasteiger partial charge >= 0.3 is 6.09 Å². The van der Waals surface area contributed by atoms with E-state index in [1.54, 1.807) is 4.90 Å². The van der Waals surface area contributed by atoms with Crippen LogP contribution in [0.25, 0.3) is 0 Å². The Hall–Kier alpha value is -1.52. The number of ether oxygens (including phenoxy) is 1. The first-order valence-corrected chi connectivity index (χ1v) is 6.29. The van der Waals surface area contributed by atoms with Crippen molar-refractivity contribution in [2.45, 2.75) is 52.2 Å². The maximum Gasteiger partial charge on any atom is 0.410 e. The van der Waals surface area contributed by atoms with Crippen LogP contribution in [0, 0.1) is 6.92 Å². The number of carbonyl (C=O) groups is 1. The van der Waals surface area contributed by atoms with E-state index in [-0.39, 0.29) is 12.1 Å². The Bertz CT molecular complexity index is 434. The topological polar surface area (TPSA) is 55.6 Å². The molecule has 2 heterocycles. The lowest BCUT2D eigenvalue weighted by Crippen LogP contribution is -2.36. The quantitative estimate of drug-likeness (QED) is 0.770. The Labute approximate surface area is 107 Å². The number of hydrogen-bond donors (Lipinski definition) is 0. The van der Waals surface area contributed by atoms with Crippen molar-refractivity contribution in [2.75, 3.05) is 6.54 Å². The molecule has 5 heteroatoms. The number of nitrogens with zero attached hydrogens (tertiary/aromatic N) is 2. The van der Waals surface area contributed by atoms with Crippen LogP contribution >= 0.6 is 0 Å². The molecule has 1 amide bonds. The molecule has 1 aromatic heterocycles. The molecule has 1 saturated heterocycles. The van der Waals surface area contributed by atoms with Gasteiger partial charge in [-0.1, -0.05) is 5.16 Å². The summed E-state index contributed by atoms with van der Waals surface area (Å²) >= 11 is 0. The highest BCUT2D eigenvalue weighted by atomic mass is 16.6. The van der Waals surface area contributed by atoms with E-state index in [9.17, 15) is 4.79 Å². The molecule has 5 nitrogen and oxygen atoms in total. The molecule has 0 radical (unpaired) electrons. The first-order chi connectivity index (χ1) is 8.37. The van der Waals surface area contributed by atoms with Gasteiger partial charge in [0.05, 0.1) is 11.7 Å². The smallest absolute Gasteiger partial charge is 0.410 e. The summed E-state index contributed by atoms with van der Waals surface area (Å²) in [7, 11) is 0. The fourth-order valence-corrected chi connectivity index (χ4v) is 2.14. The minimum atomic E-state index is -0.471. The van der Waals surface area contributed by atoms with Gasteiger partial charge in [0.15, 0.2) is 5.76 Å². The van der Waals surface area contributed by atoms with Crippen LogP contribution in [0.4, 0.5) is 4.79 Å². The second-order valence-corrected chi connectivity index (χ2v) is 5.70. The van der Waals surface area contributed by atoms with Crippen molar-refractivity contribution in [1.29, 1.82) is 0 Å². The average molecular weight is 252 g/mol. The normalized spacial score (nSPS) is 20.2. The molecule has 1 fully saturated rings. The Morgan fingerprint density at radius 1 is 1.56 bits per heavy atom. The van der Waals surface area contributed by atoms with E-state index in [2.05, 4.69) is 5.16 Å². The number of rotatable bonds is 1. The van der Waals surface area contributed by atoms with E-state index in [0.717, 1.165) is 24.3 Å². The zero-order valence-electron chi connectivity index (χ0n) is 11.4. The van der Waals surface area contributed by atoms with Gasteiger partial charge in [0.2, 0.25) is 0 Å². The third-order valence-electron chi connectivity index (χ3n) is 2.86. The third kappa shape index (κ3) is 2.83. The van der Waals surface area contributed by atoms with Crippen molar-refractivity contribution in [3.8, 4) is 0 Å². The standard InChI is InChI=1S/C13H20N2O3/c1-9-8-11(18-14-9)10-6-5-7-15(10)12(16)17-13(2,3)4/h8,10H,5-7H2,1-4H3/t10-/m0/s1. The van der Waals surface area contributed by atoms with Crippen LogP contribution in [0.3, 0.4) is 0 Å². The van der Waals surface area contributed by atoms with Gasteiger partial charge in [0.25, 0.3) is 0 Å². The molecule has 0 aromatic carbocycles. The summed E-state index contributed by atoms with van der Waals surface area (Å²) in [5, 5.41) is 3.88. The van der Waals surface area contributed by atoms with E-state index in [1.165, 1.54) is 0 Å². The predicted molar refractivity (Wildman–Crippen MR) is 66.2 cm³/mol. The highest BCUT2D eigenvalue weighted by Gasteiger charge is 2.35. The molecule has 1 aromatic rings. The van der Waals surface area contributed by atoms with Crippen molar-refractivity contribution in [3.63, 3.8) is 0 Å². The van der Waals surface area contributed by atoms with Crippen molar-refractivity contribution in [1.82, 2.24) is 10.1 Å². The molecule has 2 rings (SSSR count). The SMILES string of the molecule is Cc1cc([C@@H]2CCCN2C(=O)OC(C)(C)C)on1. The van der Waals surface area contributed by atoms with Crippen molar-refractivity contribution < 1.29 is 14.1 Å². The summed E-state index contributed by atoms with van der Waals surface area (Å²) in [5.41, 5.74) is 0.364. The average Bonchev–Trinajstić information content (AvgIpc) is 2.81. The minimum absolute atomic E-state index is 0.0407. The molecular weight excluding hydrogens is 232 g/mol. The van der Waals surface area contributed by atoms with Crippen LogP contribution in [0.5, 0.6) is 0 Å². The van der Waals surface area contributed by atoms with E-state index in [1.807, 2.05) is 33.8 Å². The van der Waals surface area contributed by atoms with E-state index in [0.29, 0.717) is 6.54 Å². The monoisotopic (exact) mass is 252 g/mol. The molecule has 0 aliphatic carbocycles. The largest absolute Gasteiger partial charge is 0.444 e. The van der Waals surface area contributed by atoms with E-state index >= 15 is 0 Å². The zero-order valence-corrected chi connectivity index (χ0v) is 11.4. The number of aryl methyl sites for hydroxylation is 1. The summed E-state index contributed by atoms with van der Waals surface area (Å²) < 4.78 is 10.7. The van der Waals surface area contributed by atoms with Gasteiger partial charge in [-0.25, -0.2) is 4.79 Å². The van der Waals surface area contributed by atoms with Crippen LogP contribution in [0.15, 0.2) is 10.6 Å². The molecule has 18 heavy (non-hydrogen) atoms. The number of amides is 1. The van der Waals surface area contributed by atoms with Gasteiger partial charge in [0.1, 0.15) is 5.60 Å². The van der Waals surface area contributed by atoms with Gasteiger partial charge in [-0.3, -0.25) is 4.90 Å². The van der Waals surface area contributed by atoms with Gasteiger partial charge in [-0.2, -0.15) is 0 Å². The van der Waals surface area contributed by atoms with Crippen molar-refractivity contribution in [2.24, 2.45) is 0 Å².